The summed E-state index contributed by atoms with van der Waals surface area (Å²) in [5.74, 6) is 0.692. The van der Waals surface area contributed by atoms with Crippen LogP contribution < -0.4 is 4.72 Å². The number of nitrogens with zero attached hydrogens (tertiary/aromatic N) is 1. The predicted octanol–water partition coefficient (Wildman–Crippen LogP) is 2.13. The summed E-state index contributed by atoms with van der Waals surface area (Å²) in [7, 11) is -3.23. The first kappa shape index (κ1) is 14.9. The highest BCUT2D eigenvalue weighted by Gasteiger charge is 2.26. The fourth-order valence-corrected chi connectivity index (χ4v) is 3.66. The monoisotopic (exact) mass is 262 g/mol. The van der Waals surface area contributed by atoms with Crippen LogP contribution in [0.3, 0.4) is 0 Å². The van der Waals surface area contributed by atoms with Crippen molar-refractivity contribution in [1.82, 2.24) is 9.03 Å². The molecule has 102 valence electrons. The van der Waals surface area contributed by atoms with Crippen LogP contribution in [0.4, 0.5) is 0 Å². The number of nitrogens with one attached hydrogen (secondary N) is 1. The molecular formula is C12H26N2O2S. The molecule has 1 saturated heterocycles. The van der Waals surface area contributed by atoms with Gasteiger partial charge in [0.25, 0.3) is 10.2 Å². The molecule has 1 N–H and O–H groups in total. The molecule has 0 aliphatic carbocycles. The summed E-state index contributed by atoms with van der Waals surface area (Å²) in [6.45, 7) is 7.69. The van der Waals surface area contributed by atoms with E-state index in [1.54, 1.807) is 4.31 Å². The molecule has 1 unspecified atom stereocenters. The first-order valence-electron chi connectivity index (χ1n) is 6.69. The maximum Gasteiger partial charge on any atom is 0.279 e. The van der Waals surface area contributed by atoms with E-state index in [-0.39, 0.29) is 6.04 Å². The van der Waals surface area contributed by atoms with Gasteiger partial charge in [-0.25, -0.2) is 0 Å². The van der Waals surface area contributed by atoms with E-state index in [4.69, 9.17) is 0 Å². The molecule has 1 aliphatic heterocycles. The van der Waals surface area contributed by atoms with Crippen molar-refractivity contribution in [1.29, 1.82) is 0 Å². The maximum absolute atomic E-state index is 12.0. The smallest absolute Gasteiger partial charge is 0.199 e. The van der Waals surface area contributed by atoms with Gasteiger partial charge in [-0.3, -0.25) is 0 Å². The Labute approximate surface area is 106 Å². The third-order valence-corrected chi connectivity index (χ3v) is 4.92. The molecule has 0 saturated carbocycles. The van der Waals surface area contributed by atoms with Gasteiger partial charge in [0.2, 0.25) is 0 Å². The highest BCUT2D eigenvalue weighted by molar-refractivity contribution is 7.87. The first-order valence-corrected chi connectivity index (χ1v) is 8.13. The Balaban J connectivity index is 2.31. The minimum Gasteiger partial charge on any atom is -0.199 e. The lowest BCUT2D eigenvalue weighted by Crippen LogP contribution is -2.43. The van der Waals surface area contributed by atoms with Gasteiger partial charge in [0.05, 0.1) is 0 Å². The lowest BCUT2D eigenvalue weighted by molar-refractivity contribution is 0.441. The Hall–Kier alpha value is -0.130. The van der Waals surface area contributed by atoms with Gasteiger partial charge >= 0.3 is 0 Å². The molecule has 0 aromatic rings. The molecule has 1 heterocycles. The third-order valence-electron chi connectivity index (χ3n) is 3.17. The van der Waals surface area contributed by atoms with E-state index >= 15 is 0 Å². The highest BCUT2D eigenvalue weighted by atomic mass is 32.2. The van der Waals surface area contributed by atoms with Gasteiger partial charge in [0.1, 0.15) is 0 Å². The second-order valence-electron chi connectivity index (χ2n) is 5.45. The van der Waals surface area contributed by atoms with Crippen LogP contribution in [-0.4, -0.2) is 31.9 Å². The molecular weight excluding hydrogens is 236 g/mol. The molecule has 5 heteroatoms. The minimum absolute atomic E-state index is 0.0411. The molecule has 1 fully saturated rings. The quantitative estimate of drug-likeness (QED) is 0.764. The summed E-state index contributed by atoms with van der Waals surface area (Å²) in [6.07, 6.45) is 5.15. The van der Waals surface area contributed by atoms with Gasteiger partial charge in [-0.2, -0.15) is 17.4 Å². The summed E-state index contributed by atoms with van der Waals surface area (Å²) in [5.41, 5.74) is 0. The van der Waals surface area contributed by atoms with Crippen molar-refractivity contribution in [2.24, 2.45) is 5.92 Å². The van der Waals surface area contributed by atoms with Crippen molar-refractivity contribution >= 4 is 10.2 Å². The molecule has 0 aromatic heterocycles. The zero-order chi connectivity index (χ0) is 12.9. The van der Waals surface area contributed by atoms with E-state index in [0.717, 1.165) is 32.1 Å². The summed E-state index contributed by atoms with van der Waals surface area (Å²) in [6, 6.07) is 0.0411. The van der Waals surface area contributed by atoms with Crippen LogP contribution in [0.1, 0.15) is 52.9 Å². The Morgan fingerprint density at radius 2 is 1.71 bits per heavy atom. The summed E-state index contributed by atoms with van der Waals surface area (Å²) >= 11 is 0. The van der Waals surface area contributed by atoms with Crippen molar-refractivity contribution in [3.8, 4) is 0 Å². The van der Waals surface area contributed by atoms with E-state index in [9.17, 15) is 8.42 Å². The normalized spacial score (nSPS) is 20.0. The molecule has 4 nitrogen and oxygen atoms in total. The topological polar surface area (TPSA) is 49.4 Å². The zero-order valence-corrected chi connectivity index (χ0v) is 12.1. The first-order chi connectivity index (χ1) is 7.92. The van der Waals surface area contributed by atoms with Crippen molar-refractivity contribution in [3.05, 3.63) is 0 Å². The van der Waals surface area contributed by atoms with Gasteiger partial charge in [0.15, 0.2) is 0 Å². The standard InChI is InChI=1S/C12H26N2O2S/c1-11(2)7-6-8-12(3)13-17(15,16)14-9-4-5-10-14/h11-13H,4-10H2,1-3H3. The Bertz CT molecular complexity index is 308. The van der Waals surface area contributed by atoms with Crippen molar-refractivity contribution < 1.29 is 8.42 Å². The second-order valence-corrected chi connectivity index (χ2v) is 7.16. The Morgan fingerprint density at radius 3 is 2.24 bits per heavy atom. The van der Waals surface area contributed by atoms with Crippen molar-refractivity contribution in [2.45, 2.75) is 58.9 Å². The zero-order valence-electron chi connectivity index (χ0n) is 11.3. The largest absolute Gasteiger partial charge is 0.279 e. The lowest BCUT2D eigenvalue weighted by Gasteiger charge is -2.20. The second kappa shape index (κ2) is 6.71. The van der Waals surface area contributed by atoms with Crippen LogP contribution >= 0.6 is 0 Å². The van der Waals surface area contributed by atoms with Gasteiger partial charge in [-0.1, -0.05) is 26.7 Å². The van der Waals surface area contributed by atoms with E-state index in [2.05, 4.69) is 18.6 Å². The van der Waals surface area contributed by atoms with Crippen LogP contribution in [-0.2, 0) is 10.2 Å². The molecule has 17 heavy (non-hydrogen) atoms. The van der Waals surface area contributed by atoms with Crippen molar-refractivity contribution in [3.63, 3.8) is 0 Å². The third kappa shape index (κ3) is 5.36. The van der Waals surface area contributed by atoms with Crippen LogP contribution in [0.2, 0.25) is 0 Å². The average molecular weight is 262 g/mol. The average Bonchev–Trinajstić information content (AvgIpc) is 2.68. The molecule has 1 atom stereocenters. The fourth-order valence-electron chi connectivity index (χ4n) is 2.15. The SMILES string of the molecule is CC(C)CCCC(C)NS(=O)(=O)N1CCCC1. The van der Waals surface area contributed by atoms with Gasteiger partial charge < -0.3 is 0 Å². The van der Waals surface area contributed by atoms with Gasteiger partial charge in [-0.05, 0) is 32.1 Å². The number of rotatable bonds is 7. The highest BCUT2D eigenvalue weighted by Crippen LogP contribution is 2.13. The van der Waals surface area contributed by atoms with Gasteiger partial charge in [-0.15, -0.1) is 0 Å². The van der Waals surface area contributed by atoms with E-state index in [1.807, 2.05) is 6.92 Å². The molecule has 0 spiro atoms. The Morgan fingerprint density at radius 1 is 1.12 bits per heavy atom. The summed E-state index contributed by atoms with van der Waals surface area (Å²) in [4.78, 5) is 0. The maximum atomic E-state index is 12.0. The summed E-state index contributed by atoms with van der Waals surface area (Å²) in [5, 5.41) is 0. The van der Waals surface area contributed by atoms with Crippen LogP contribution in [0.25, 0.3) is 0 Å². The lowest BCUT2D eigenvalue weighted by atomic mass is 10.0. The fraction of sp³-hybridized carbons (Fsp3) is 1.00. The van der Waals surface area contributed by atoms with Gasteiger partial charge in [0, 0.05) is 19.1 Å². The molecule has 0 amide bonds. The number of hydrogen-bond donors (Lipinski definition) is 1. The van der Waals surface area contributed by atoms with Crippen LogP contribution in [0, 0.1) is 5.92 Å². The van der Waals surface area contributed by atoms with Crippen LogP contribution in [0.5, 0.6) is 0 Å². The Kier molecular flexibility index (Phi) is 5.89. The molecule has 1 aliphatic rings. The molecule has 0 radical (unpaired) electrons. The molecule has 0 bridgehead atoms. The molecule has 0 aromatic carbocycles. The summed E-state index contributed by atoms with van der Waals surface area (Å²) < 4.78 is 28.2. The van der Waals surface area contributed by atoms with E-state index < -0.39 is 10.2 Å². The van der Waals surface area contributed by atoms with E-state index in [1.165, 1.54) is 0 Å². The predicted molar refractivity (Wildman–Crippen MR) is 71.0 cm³/mol. The van der Waals surface area contributed by atoms with Crippen molar-refractivity contribution in [2.75, 3.05) is 13.1 Å². The van der Waals surface area contributed by atoms with Crippen LogP contribution in [0.15, 0.2) is 0 Å². The minimum atomic E-state index is -3.23. The molecule has 1 rings (SSSR count). The number of hydrogen-bond acceptors (Lipinski definition) is 2. The van der Waals surface area contributed by atoms with E-state index in [0.29, 0.717) is 19.0 Å².